The van der Waals surface area contributed by atoms with Crippen LogP contribution in [0.2, 0.25) is 0 Å². The number of hydrogen-bond donors (Lipinski definition) is 2. The summed E-state index contributed by atoms with van der Waals surface area (Å²) in [7, 11) is 0. The average molecular weight is 285 g/mol. The second kappa shape index (κ2) is 6.74. The minimum absolute atomic E-state index is 0.0247. The van der Waals surface area contributed by atoms with Crippen LogP contribution in [0.15, 0.2) is 18.2 Å². The first-order chi connectivity index (χ1) is 9.31. The number of aliphatic carboxylic acids is 1. The molecule has 0 aliphatic heterocycles. The molecule has 1 aromatic carbocycles. The molecule has 5 nitrogen and oxygen atoms in total. The highest BCUT2D eigenvalue weighted by atomic mass is 19.1. The number of rotatable bonds is 6. The second-order valence-electron chi connectivity index (χ2n) is 4.23. The lowest BCUT2D eigenvalue weighted by atomic mass is 10.1. The quantitative estimate of drug-likeness (QED) is 0.830. The van der Waals surface area contributed by atoms with E-state index in [0.717, 1.165) is 12.1 Å². The maximum Gasteiger partial charge on any atom is 0.326 e. The van der Waals surface area contributed by atoms with Crippen molar-refractivity contribution in [2.75, 3.05) is 0 Å². The highest BCUT2D eigenvalue weighted by Gasteiger charge is 2.22. The summed E-state index contributed by atoms with van der Waals surface area (Å²) >= 11 is 0. The van der Waals surface area contributed by atoms with Gasteiger partial charge in [0, 0.05) is 12.5 Å². The molecule has 0 radical (unpaired) electrons. The van der Waals surface area contributed by atoms with Crippen molar-refractivity contribution in [3.63, 3.8) is 0 Å². The standard InChI is InChI=1S/C13H13F2NO4/c1-7(17)2-5-11(13(19)20)16-12(18)9-4-3-8(14)6-10(9)15/h3-4,6,11H,2,5H2,1H3,(H,16,18)(H,19,20)/t11-/m0/s1. The molecule has 2 N–H and O–H groups in total. The second-order valence-corrected chi connectivity index (χ2v) is 4.23. The van der Waals surface area contributed by atoms with Crippen LogP contribution in [-0.4, -0.2) is 28.8 Å². The van der Waals surface area contributed by atoms with Crippen molar-refractivity contribution in [3.8, 4) is 0 Å². The summed E-state index contributed by atoms with van der Waals surface area (Å²) in [6.07, 6.45) is -0.123. The van der Waals surface area contributed by atoms with E-state index in [4.69, 9.17) is 5.11 Å². The minimum Gasteiger partial charge on any atom is -0.480 e. The molecular weight excluding hydrogens is 272 g/mol. The summed E-state index contributed by atoms with van der Waals surface area (Å²) in [5.41, 5.74) is -0.458. The topological polar surface area (TPSA) is 83.5 Å². The van der Waals surface area contributed by atoms with E-state index in [1.165, 1.54) is 6.92 Å². The molecular formula is C13H13F2NO4. The van der Waals surface area contributed by atoms with Gasteiger partial charge in [0.25, 0.3) is 5.91 Å². The molecule has 0 aliphatic rings. The smallest absolute Gasteiger partial charge is 0.326 e. The van der Waals surface area contributed by atoms with Gasteiger partial charge in [-0.3, -0.25) is 4.79 Å². The van der Waals surface area contributed by atoms with Gasteiger partial charge in [-0.2, -0.15) is 0 Å². The molecule has 20 heavy (non-hydrogen) atoms. The normalized spacial score (nSPS) is 11.8. The molecule has 1 aromatic rings. The van der Waals surface area contributed by atoms with Gasteiger partial charge in [-0.25, -0.2) is 13.6 Å². The first-order valence-electron chi connectivity index (χ1n) is 5.79. The third-order valence-corrected chi connectivity index (χ3v) is 2.56. The Labute approximate surface area is 113 Å². The molecule has 7 heteroatoms. The number of nitrogens with one attached hydrogen (secondary N) is 1. The van der Waals surface area contributed by atoms with E-state index < -0.39 is 35.1 Å². The summed E-state index contributed by atoms with van der Waals surface area (Å²) in [6.45, 7) is 1.29. The van der Waals surface area contributed by atoms with E-state index >= 15 is 0 Å². The number of carbonyl (C=O) groups is 3. The predicted molar refractivity (Wildman–Crippen MR) is 65.2 cm³/mol. The number of carbonyl (C=O) groups excluding carboxylic acids is 2. The first-order valence-corrected chi connectivity index (χ1v) is 5.79. The number of Topliss-reactive ketones (excluding diaryl/α,β-unsaturated/α-hetero) is 1. The molecule has 0 heterocycles. The van der Waals surface area contributed by atoms with Crippen molar-refractivity contribution in [2.45, 2.75) is 25.8 Å². The SMILES string of the molecule is CC(=O)CC[C@H](NC(=O)c1ccc(F)cc1F)C(=O)O. The molecule has 0 fully saturated rings. The lowest BCUT2D eigenvalue weighted by molar-refractivity contribution is -0.139. The molecule has 0 saturated heterocycles. The first kappa shape index (κ1) is 15.7. The molecule has 1 rings (SSSR count). The van der Waals surface area contributed by atoms with Gasteiger partial charge in [0.05, 0.1) is 5.56 Å². The molecule has 1 amide bonds. The third-order valence-electron chi connectivity index (χ3n) is 2.56. The Morgan fingerprint density at radius 1 is 1.30 bits per heavy atom. The van der Waals surface area contributed by atoms with Gasteiger partial charge in [0.1, 0.15) is 23.5 Å². The van der Waals surface area contributed by atoms with E-state index in [0.29, 0.717) is 6.07 Å². The van der Waals surface area contributed by atoms with Crippen molar-refractivity contribution in [1.82, 2.24) is 5.32 Å². The average Bonchev–Trinajstić information content (AvgIpc) is 2.33. The summed E-state index contributed by atoms with van der Waals surface area (Å²) in [6, 6.07) is 1.03. The predicted octanol–water partition coefficient (Wildman–Crippen LogP) is 1.52. The van der Waals surface area contributed by atoms with Crippen LogP contribution in [0.1, 0.15) is 30.1 Å². The fraction of sp³-hybridized carbons (Fsp3) is 0.308. The van der Waals surface area contributed by atoms with Crippen molar-refractivity contribution in [2.24, 2.45) is 0 Å². The van der Waals surface area contributed by atoms with Gasteiger partial charge >= 0.3 is 5.97 Å². The van der Waals surface area contributed by atoms with E-state index in [1.54, 1.807) is 0 Å². The van der Waals surface area contributed by atoms with Crippen LogP contribution in [-0.2, 0) is 9.59 Å². The molecule has 0 saturated carbocycles. The zero-order valence-corrected chi connectivity index (χ0v) is 10.7. The number of ketones is 1. The van der Waals surface area contributed by atoms with Crippen molar-refractivity contribution >= 4 is 17.7 Å². The van der Waals surface area contributed by atoms with E-state index in [1.807, 2.05) is 0 Å². The largest absolute Gasteiger partial charge is 0.480 e. The van der Waals surface area contributed by atoms with Crippen LogP contribution in [0.5, 0.6) is 0 Å². The number of halogens is 2. The molecule has 108 valence electrons. The Morgan fingerprint density at radius 2 is 1.95 bits per heavy atom. The zero-order valence-electron chi connectivity index (χ0n) is 10.7. The van der Waals surface area contributed by atoms with Gasteiger partial charge in [-0.05, 0) is 25.5 Å². The summed E-state index contributed by atoms with van der Waals surface area (Å²) in [4.78, 5) is 33.5. The van der Waals surface area contributed by atoms with Gasteiger partial charge in [0.15, 0.2) is 0 Å². The van der Waals surface area contributed by atoms with Gasteiger partial charge < -0.3 is 15.2 Å². The Balaban J connectivity index is 2.80. The van der Waals surface area contributed by atoms with E-state index in [2.05, 4.69) is 5.32 Å². The highest BCUT2D eigenvalue weighted by Crippen LogP contribution is 2.10. The maximum absolute atomic E-state index is 13.4. The number of carboxylic acids is 1. The summed E-state index contributed by atoms with van der Waals surface area (Å²) in [5, 5.41) is 11.0. The van der Waals surface area contributed by atoms with Gasteiger partial charge in [-0.15, -0.1) is 0 Å². The lowest BCUT2D eigenvalue weighted by Gasteiger charge is -2.14. The molecule has 0 bridgehead atoms. The van der Waals surface area contributed by atoms with E-state index in [-0.39, 0.29) is 18.6 Å². The Morgan fingerprint density at radius 3 is 2.45 bits per heavy atom. The molecule has 0 unspecified atom stereocenters. The molecule has 0 spiro atoms. The van der Waals surface area contributed by atoms with Crippen molar-refractivity contribution < 1.29 is 28.3 Å². The molecule has 1 atom stereocenters. The van der Waals surface area contributed by atoms with Crippen LogP contribution >= 0.6 is 0 Å². The van der Waals surface area contributed by atoms with Crippen LogP contribution in [0.4, 0.5) is 8.78 Å². The number of benzene rings is 1. The third kappa shape index (κ3) is 4.42. The Bertz CT molecular complexity index is 545. The molecule has 0 aromatic heterocycles. The number of hydrogen-bond acceptors (Lipinski definition) is 3. The molecule has 0 aliphatic carbocycles. The summed E-state index contributed by atoms with van der Waals surface area (Å²) < 4.78 is 26.1. The Hall–Kier alpha value is -2.31. The monoisotopic (exact) mass is 285 g/mol. The zero-order chi connectivity index (χ0) is 15.3. The van der Waals surface area contributed by atoms with Gasteiger partial charge in [-0.1, -0.05) is 0 Å². The maximum atomic E-state index is 13.4. The number of carboxylic acid groups (broad SMARTS) is 1. The number of amides is 1. The highest BCUT2D eigenvalue weighted by molar-refractivity contribution is 5.96. The minimum atomic E-state index is -1.33. The Kier molecular flexibility index (Phi) is 5.31. The fourth-order valence-corrected chi connectivity index (χ4v) is 1.51. The van der Waals surface area contributed by atoms with E-state index in [9.17, 15) is 23.2 Å². The summed E-state index contributed by atoms with van der Waals surface area (Å²) in [5.74, 6) is -4.46. The fourth-order valence-electron chi connectivity index (χ4n) is 1.51. The van der Waals surface area contributed by atoms with Crippen molar-refractivity contribution in [3.05, 3.63) is 35.4 Å². The van der Waals surface area contributed by atoms with Gasteiger partial charge in [0.2, 0.25) is 0 Å². The van der Waals surface area contributed by atoms with Crippen LogP contribution in [0, 0.1) is 11.6 Å². The van der Waals surface area contributed by atoms with Crippen LogP contribution in [0.3, 0.4) is 0 Å². The van der Waals surface area contributed by atoms with Crippen LogP contribution < -0.4 is 5.32 Å². The van der Waals surface area contributed by atoms with Crippen molar-refractivity contribution in [1.29, 1.82) is 0 Å². The van der Waals surface area contributed by atoms with Crippen LogP contribution in [0.25, 0.3) is 0 Å². The lowest BCUT2D eigenvalue weighted by Crippen LogP contribution is -2.41.